The maximum absolute atomic E-state index is 11.7. The summed E-state index contributed by atoms with van der Waals surface area (Å²) in [5.41, 5.74) is -4.25. The Morgan fingerprint density at radius 2 is 2.31 bits per heavy atom. The third-order valence-corrected chi connectivity index (χ3v) is 2.96. The second-order valence-corrected chi connectivity index (χ2v) is 4.65. The Balaban J connectivity index is 2.30. The quantitative estimate of drug-likeness (QED) is 0.507. The molecule has 0 saturated heterocycles. The minimum absolute atomic E-state index is 0.0504. The van der Waals surface area contributed by atoms with Gasteiger partial charge in [-0.1, -0.05) is 0 Å². The molecular formula is C6H6F3N3O2S2. The molecule has 0 fully saturated rings. The van der Waals surface area contributed by atoms with E-state index >= 15 is 0 Å². The summed E-state index contributed by atoms with van der Waals surface area (Å²) in [4.78, 5) is 13.3. The molecule has 0 aliphatic carbocycles. The van der Waals surface area contributed by atoms with Crippen LogP contribution in [0.5, 0.6) is 0 Å². The number of rotatable bonds is 5. The Kier molecular flexibility index (Phi) is 4.35. The summed E-state index contributed by atoms with van der Waals surface area (Å²) < 4.78 is 35.2. The summed E-state index contributed by atoms with van der Waals surface area (Å²) in [6, 6.07) is 0. The molecule has 1 N–H and O–H groups in total. The Bertz CT molecular complexity index is 368. The van der Waals surface area contributed by atoms with E-state index in [1.165, 1.54) is 0 Å². The fraction of sp³-hybridized carbons (Fsp3) is 0.500. The number of nitro groups is 1. The van der Waals surface area contributed by atoms with Crippen molar-refractivity contribution in [1.82, 2.24) is 4.98 Å². The zero-order valence-corrected chi connectivity index (χ0v) is 9.29. The van der Waals surface area contributed by atoms with Crippen LogP contribution in [0.3, 0.4) is 0 Å². The van der Waals surface area contributed by atoms with Crippen LogP contribution in [0.25, 0.3) is 0 Å². The lowest BCUT2D eigenvalue weighted by Gasteiger charge is -2.05. The van der Waals surface area contributed by atoms with Crippen LogP contribution in [0, 0.1) is 10.1 Å². The van der Waals surface area contributed by atoms with Crippen LogP contribution in [0.1, 0.15) is 0 Å². The van der Waals surface area contributed by atoms with Gasteiger partial charge in [-0.25, -0.2) is 4.98 Å². The van der Waals surface area contributed by atoms with Gasteiger partial charge in [-0.2, -0.15) is 13.2 Å². The molecule has 0 saturated carbocycles. The smallest absolute Gasteiger partial charge is 0.360 e. The zero-order chi connectivity index (χ0) is 12.2. The number of nitrogens with zero attached hydrogens (tertiary/aromatic N) is 2. The van der Waals surface area contributed by atoms with Crippen molar-refractivity contribution in [3.63, 3.8) is 0 Å². The maximum Gasteiger partial charge on any atom is 0.441 e. The predicted octanol–water partition coefficient (Wildman–Crippen LogP) is 2.72. The van der Waals surface area contributed by atoms with Crippen molar-refractivity contribution >= 4 is 33.2 Å². The van der Waals surface area contributed by atoms with Gasteiger partial charge in [0.2, 0.25) is 0 Å². The summed E-state index contributed by atoms with van der Waals surface area (Å²) in [7, 11) is 0. The van der Waals surface area contributed by atoms with E-state index in [0.29, 0.717) is 0 Å². The van der Waals surface area contributed by atoms with E-state index in [1.807, 2.05) is 0 Å². The van der Waals surface area contributed by atoms with Crippen LogP contribution in [0.15, 0.2) is 6.20 Å². The van der Waals surface area contributed by atoms with Crippen LogP contribution < -0.4 is 5.32 Å². The largest absolute Gasteiger partial charge is 0.441 e. The third-order valence-electron chi connectivity index (χ3n) is 1.32. The minimum atomic E-state index is -4.25. The highest BCUT2D eigenvalue weighted by Gasteiger charge is 2.27. The maximum atomic E-state index is 11.7. The first-order valence-electron chi connectivity index (χ1n) is 3.93. The van der Waals surface area contributed by atoms with E-state index in [-0.39, 0.29) is 34.2 Å². The summed E-state index contributed by atoms with van der Waals surface area (Å²) >= 11 is 0.633. The van der Waals surface area contributed by atoms with Crippen LogP contribution >= 0.6 is 23.1 Å². The topological polar surface area (TPSA) is 68.1 Å². The Hall–Kier alpha value is -1.03. The molecule has 0 aliphatic rings. The van der Waals surface area contributed by atoms with E-state index in [0.717, 1.165) is 17.5 Å². The number of nitrogens with one attached hydrogen (secondary N) is 1. The number of aromatic nitrogens is 1. The van der Waals surface area contributed by atoms with Crippen molar-refractivity contribution in [1.29, 1.82) is 0 Å². The number of thiazole rings is 1. The molecule has 5 nitrogen and oxygen atoms in total. The molecule has 0 unspecified atom stereocenters. The van der Waals surface area contributed by atoms with Crippen molar-refractivity contribution in [2.24, 2.45) is 0 Å². The molecule has 1 aromatic heterocycles. The first-order valence-corrected chi connectivity index (χ1v) is 5.73. The standard InChI is InChI=1S/C6H6F3N3O2S2/c7-6(8,9)15-2-1-10-5-11-3-4(16-5)12(13)14/h3H,1-2H2,(H,10,11). The fourth-order valence-electron chi connectivity index (χ4n) is 0.756. The number of halogens is 3. The van der Waals surface area contributed by atoms with Crippen LogP contribution in [-0.4, -0.2) is 27.7 Å². The van der Waals surface area contributed by atoms with Crippen molar-refractivity contribution in [2.45, 2.75) is 5.51 Å². The molecule has 1 rings (SSSR count). The molecule has 0 bridgehead atoms. The third kappa shape index (κ3) is 4.66. The molecule has 0 spiro atoms. The molecule has 1 heterocycles. The lowest BCUT2D eigenvalue weighted by atomic mass is 10.7. The van der Waals surface area contributed by atoms with Gasteiger partial charge in [-0.3, -0.25) is 10.1 Å². The van der Waals surface area contributed by atoms with Gasteiger partial charge in [0.25, 0.3) is 0 Å². The van der Waals surface area contributed by atoms with Gasteiger partial charge >= 0.3 is 10.5 Å². The SMILES string of the molecule is O=[N+]([O-])c1cnc(NCCSC(F)(F)F)s1. The lowest BCUT2D eigenvalue weighted by molar-refractivity contribution is -0.380. The average Bonchev–Trinajstić information content (AvgIpc) is 2.59. The number of hydrogen-bond donors (Lipinski definition) is 1. The monoisotopic (exact) mass is 273 g/mol. The van der Waals surface area contributed by atoms with Gasteiger partial charge in [0.1, 0.15) is 6.20 Å². The minimum Gasteiger partial charge on any atom is -0.360 e. The molecule has 0 aliphatic heterocycles. The second kappa shape index (κ2) is 5.34. The van der Waals surface area contributed by atoms with E-state index in [1.54, 1.807) is 0 Å². The summed E-state index contributed by atoms with van der Waals surface area (Å²) in [6.07, 6.45) is 1.06. The molecule has 0 amide bonds. The van der Waals surface area contributed by atoms with Crippen molar-refractivity contribution in [3.05, 3.63) is 16.3 Å². The highest BCUT2D eigenvalue weighted by atomic mass is 32.2. The van der Waals surface area contributed by atoms with E-state index < -0.39 is 10.4 Å². The number of thioether (sulfide) groups is 1. The van der Waals surface area contributed by atoms with E-state index in [4.69, 9.17) is 0 Å². The van der Waals surface area contributed by atoms with E-state index in [2.05, 4.69) is 10.3 Å². The molecule has 0 radical (unpaired) electrons. The van der Waals surface area contributed by atoms with Gasteiger partial charge in [0.15, 0.2) is 5.13 Å². The van der Waals surface area contributed by atoms with Gasteiger partial charge in [0.05, 0.1) is 4.92 Å². The Labute approximate surface area is 96.2 Å². The summed E-state index contributed by atoms with van der Waals surface area (Å²) in [6.45, 7) is 0.0504. The molecule has 1 aromatic rings. The normalized spacial score (nSPS) is 11.4. The lowest BCUT2D eigenvalue weighted by Crippen LogP contribution is -2.09. The number of alkyl halides is 3. The highest BCUT2D eigenvalue weighted by Crippen LogP contribution is 2.30. The van der Waals surface area contributed by atoms with Crippen molar-refractivity contribution in [3.8, 4) is 0 Å². The van der Waals surface area contributed by atoms with Crippen LogP contribution in [0.2, 0.25) is 0 Å². The second-order valence-electron chi connectivity index (χ2n) is 2.48. The molecule has 90 valence electrons. The van der Waals surface area contributed by atoms with Crippen molar-refractivity contribution < 1.29 is 18.1 Å². The van der Waals surface area contributed by atoms with Gasteiger partial charge in [-0.05, 0) is 23.1 Å². The highest BCUT2D eigenvalue weighted by molar-refractivity contribution is 8.00. The molecule has 0 aromatic carbocycles. The first kappa shape index (κ1) is 13.0. The number of anilines is 1. The van der Waals surface area contributed by atoms with Crippen LogP contribution in [0.4, 0.5) is 23.3 Å². The van der Waals surface area contributed by atoms with Crippen LogP contribution in [-0.2, 0) is 0 Å². The summed E-state index contributed by atoms with van der Waals surface area (Å²) in [5.74, 6) is -0.170. The fourth-order valence-corrected chi connectivity index (χ4v) is 1.85. The molecule has 0 atom stereocenters. The Morgan fingerprint density at radius 3 is 2.81 bits per heavy atom. The van der Waals surface area contributed by atoms with Gasteiger partial charge < -0.3 is 5.32 Å². The number of hydrogen-bond acceptors (Lipinski definition) is 6. The van der Waals surface area contributed by atoms with Crippen molar-refractivity contribution in [2.75, 3.05) is 17.6 Å². The average molecular weight is 273 g/mol. The summed E-state index contributed by atoms with van der Waals surface area (Å²) in [5, 5.41) is 12.9. The molecule has 16 heavy (non-hydrogen) atoms. The molecule has 10 heteroatoms. The van der Waals surface area contributed by atoms with Gasteiger partial charge in [0, 0.05) is 12.3 Å². The Morgan fingerprint density at radius 1 is 1.62 bits per heavy atom. The zero-order valence-electron chi connectivity index (χ0n) is 7.65. The van der Waals surface area contributed by atoms with E-state index in [9.17, 15) is 23.3 Å². The predicted molar refractivity (Wildman–Crippen MR) is 55.8 cm³/mol. The van der Waals surface area contributed by atoms with Gasteiger partial charge in [-0.15, -0.1) is 0 Å². The molecular weight excluding hydrogens is 267 g/mol. The first-order chi connectivity index (χ1) is 7.38.